The molecular formula is C11H12N4OS. The van der Waals surface area contributed by atoms with Gasteiger partial charge in [-0.2, -0.15) is 5.26 Å². The third kappa shape index (κ3) is 3.36. The molecule has 3 N–H and O–H groups in total. The van der Waals surface area contributed by atoms with Crippen LogP contribution in [-0.2, 0) is 4.79 Å². The molecule has 1 fully saturated rings. The van der Waals surface area contributed by atoms with Gasteiger partial charge in [-0.25, -0.2) is 4.98 Å². The van der Waals surface area contributed by atoms with E-state index in [9.17, 15) is 4.79 Å². The first-order valence-corrected chi connectivity index (χ1v) is 6.25. The van der Waals surface area contributed by atoms with Crippen LogP contribution in [-0.4, -0.2) is 22.7 Å². The largest absolute Gasteiger partial charge is 0.397 e. The third-order valence-electron chi connectivity index (χ3n) is 2.29. The maximum Gasteiger partial charge on any atom is 0.230 e. The number of rotatable bonds is 4. The molecule has 0 saturated heterocycles. The lowest BCUT2D eigenvalue weighted by Gasteiger charge is -2.05. The molecule has 1 heterocycles. The van der Waals surface area contributed by atoms with E-state index in [-0.39, 0.29) is 5.91 Å². The van der Waals surface area contributed by atoms with Gasteiger partial charge < -0.3 is 11.1 Å². The van der Waals surface area contributed by atoms with Crippen LogP contribution in [0.2, 0.25) is 0 Å². The third-order valence-corrected chi connectivity index (χ3v) is 3.31. The second-order valence-corrected chi connectivity index (χ2v) is 4.82. The average Bonchev–Trinajstić information content (AvgIpc) is 3.11. The zero-order valence-electron chi connectivity index (χ0n) is 9.14. The molecular weight excluding hydrogens is 236 g/mol. The number of aromatic nitrogens is 1. The van der Waals surface area contributed by atoms with Crippen LogP contribution < -0.4 is 11.1 Å². The molecule has 5 nitrogen and oxygen atoms in total. The van der Waals surface area contributed by atoms with Crippen molar-refractivity contribution in [1.29, 1.82) is 5.26 Å². The van der Waals surface area contributed by atoms with Crippen molar-refractivity contribution >= 4 is 23.4 Å². The minimum absolute atomic E-state index is 0.00283. The normalized spacial score (nSPS) is 14.1. The van der Waals surface area contributed by atoms with E-state index < -0.39 is 0 Å². The van der Waals surface area contributed by atoms with Gasteiger partial charge in [-0.05, 0) is 18.9 Å². The molecule has 1 amide bonds. The highest BCUT2D eigenvalue weighted by Gasteiger charge is 2.23. The minimum Gasteiger partial charge on any atom is -0.397 e. The fraction of sp³-hybridized carbons (Fsp3) is 0.364. The summed E-state index contributed by atoms with van der Waals surface area (Å²) < 4.78 is 0. The second kappa shape index (κ2) is 5.06. The summed E-state index contributed by atoms with van der Waals surface area (Å²) in [5.74, 6) is 0.308. The summed E-state index contributed by atoms with van der Waals surface area (Å²) in [6.07, 6.45) is 3.61. The molecule has 0 aromatic carbocycles. The predicted molar refractivity (Wildman–Crippen MR) is 65.3 cm³/mol. The van der Waals surface area contributed by atoms with Gasteiger partial charge in [-0.3, -0.25) is 4.79 Å². The number of carbonyl (C=O) groups is 1. The van der Waals surface area contributed by atoms with Gasteiger partial charge >= 0.3 is 0 Å². The number of thioether (sulfide) groups is 1. The smallest absolute Gasteiger partial charge is 0.230 e. The van der Waals surface area contributed by atoms with Gasteiger partial charge in [0.2, 0.25) is 5.91 Å². The number of hydrogen-bond donors (Lipinski definition) is 2. The minimum atomic E-state index is 0.00283. The first kappa shape index (κ1) is 11.7. The Morgan fingerprint density at radius 2 is 2.47 bits per heavy atom. The Kier molecular flexibility index (Phi) is 3.49. The van der Waals surface area contributed by atoms with Crippen LogP contribution in [0.4, 0.5) is 5.69 Å². The number of nitrogens with two attached hydrogens (primary N) is 1. The SMILES string of the molecule is N#Cc1cnc(SCC(=O)NC2CC2)c(N)c1. The lowest BCUT2D eigenvalue weighted by Crippen LogP contribution is -2.27. The van der Waals surface area contributed by atoms with E-state index in [1.54, 1.807) is 6.07 Å². The quantitative estimate of drug-likeness (QED) is 0.772. The number of nitrogen functional groups attached to an aromatic ring is 1. The standard InChI is InChI=1S/C11H12N4OS/c12-4-7-3-9(13)11(14-5-7)17-6-10(16)15-8-1-2-8/h3,5,8H,1-2,6,13H2,(H,15,16). The van der Waals surface area contributed by atoms with Gasteiger partial charge in [0.05, 0.1) is 17.0 Å². The van der Waals surface area contributed by atoms with Crippen molar-refractivity contribution in [2.45, 2.75) is 23.9 Å². The van der Waals surface area contributed by atoms with Crippen molar-refractivity contribution < 1.29 is 4.79 Å². The molecule has 1 aromatic rings. The zero-order valence-corrected chi connectivity index (χ0v) is 9.96. The molecule has 0 spiro atoms. The number of nitriles is 1. The first-order valence-electron chi connectivity index (χ1n) is 5.27. The molecule has 0 radical (unpaired) electrons. The van der Waals surface area contributed by atoms with E-state index in [1.807, 2.05) is 6.07 Å². The number of amides is 1. The predicted octanol–water partition coefficient (Wildman–Crippen LogP) is 0.906. The van der Waals surface area contributed by atoms with Gasteiger partial charge in [-0.1, -0.05) is 11.8 Å². The zero-order chi connectivity index (χ0) is 12.3. The Bertz CT molecular complexity index is 479. The molecule has 0 unspecified atom stereocenters. The first-order chi connectivity index (χ1) is 8.19. The van der Waals surface area contributed by atoms with E-state index in [0.717, 1.165) is 12.8 Å². The summed E-state index contributed by atoms with van der Waals surface area (Å²) in [6, 6.07) is 3.90. The maximum absolute atomic E-state index is 11.4. The van der Waals surface area contributed by atoms with Gasteiger partial charge in [0.15, 0.2) is 0 Å². The molecule has 1 aromatic heterocycles. The Morgan fingerprint density at radius 1 is 1.71 bits per heavy atom. The van der Waals surface area contributed by atoms with E-state index in [0.29, 0.717) is 28.1 Å². The van der Waals surface area contributed by atoms with Crippen LogP contribution in [0.3, 0.4) is 0 Å². The van der Waals surface area contributed by atoms with Crippen molar-refractivity contribution in [3.8, 4) is 6.07 Å². The van der Waals surface area contributed by atoms with Crippen LogP contribution in [0, 0.1) is 11.3 Å². The van der Waals surface area contributed by atoms with Crippen molar-refractivity contribution in [1.82, 2.24) is 10.3 Å². The number of anilines is 1. The summed E-state index contributed by atoms with van der Waals surface area (Å²) in [5, 5.41) is 12.1. The highest BCUT2D eigenvalue weighted by atomic mass is 32.2. The summed E-state index contributed by atoms with van der Waals surface area (Å²) in [6.45, 7) is 0. The lowest BCUT2D eigenvalue weighted by molar-refractivity contribution is -0.118. The maximum atomic E-state index is 11.4. The van der Waals surface area contributed by atoms with Crippen molar-refractivity contribution in [3.63, 3.8) is 0 Å². The molecule has 2 rings (SSSR count). The monoisotopic (exact) mass is 248 g/mol. The molecule has 88 valence electrons. The molecule has 0 atom stereocenters. The molecule has 17 heavy (non-hydrogen) atoms. The highest BCUT2D eigenvalue weighted by Crippen LogP contribution is 2.23. The van der Waals surface area contributed by atoms with Crippen molar-refractivity contribution in [3.05, 3.63) is 17.8 Å². The molecule has 6 heteroatoms. The number of nitrogens with zero attached hydrogens (tertiary/aromatic N) is 2. The number of pyridine rings is 1. The molecule has 1 aliphatic rings. The molecule has 0 aliphatic heterocycles. The Balaban J connectivity index is 1.89. The fourth-order valence-corrected chi connectivity index (χ4v) is 1.99. The van der Waals surface area contributed by atoms with Gasteiger partial charge in [0.1, 0.15) is 11.1 Å². The summed E-state index contributed by atoms with van der Waals surface area (Å²) >= 11 is 1.29. The number of carbonyl (C=O) groups excluding carboxylic acids is 1. The number of nitrogens with one attached hydrogen (secondary N) is 1. The van der Waals surface area contributed by atoms with E-state index in [4.69, 9.17) is 11.0 Å². The second-order valence-electron chi connectivity index (χ2n) is 3.86. The van der Waals surface area contributed by atoms with Crippen LogP contribution in [0.25, 0.3) is 0 Å². The van der Waals surface area contributed by atoms with Gasteiger partial charge in [-0.15, -0.1) is 0 Å². The Hall–Kier alpha value is -1.74. The topological polar surface area (TPSA) is 91.8 Å². The van der Waals surface area contributed by atoms with Crippen LogP contribution in [0.5, 0.6) is 0 Å². The lowest BCUT2D eigenvalue weighted by atomic mass is 10.3. The van der Waals surface area contributed by atoms with Crippen molar-refractivity contribution in [2.24, 2.45) is 0 Å². The average molecular weight is 248 g/mol. The number of hydrogen-bond acceptors (Lipinski definition) is 5. The molecule has 1 aliphatic carbocycles. The summed E-state index contributed by atoms with van der Waals surface area (Å²) in [7, 11) is 0. The fourth-order valence-electron chi connectivity index (χ4n) is 1.28. The summed E-state index contributed by atoms with van der Waals surface area (Å²) in [5.41, 5.74) is 6.59. The highest BCUT2D eigenvalue weighted by molar-refractivity contribution is 8.00. The van der Waals surface area contributed by atoms with E-state index in [2.05, 4.69) is 10.3 Å². The molecule has 0 bridgehead atoms. The van der Waals surface area contributed by atoms with E-state index in [1.165, 1.54) is 18.0 Å². The molecule has 1 saturated carbocycles. The van der Waals surface area contributed by atoms with E-state index >= 15 is 0 Å². The van der Waals surface area contributed by atoms with Crippen LogP contribution >= 0.6 is 11.8 Å². The Morgan fingerprint density at radius 3 is 3.06 bits per heavy atom. The van der Waals surface area contributed by atoms with Gasteiger partial charge in [0.25, 0.3) is 0 Å². The summed E-state index contributed by atoms with van der Waals surface area (Å²) in [4.78, 5) is 15.5. The Labute approximate surface area is 103 Å². The van der Waals surface area contributed by atoms with Gasteiger partial charge in [0, 0.05) is 12.2 Å². The van der Waals surface area contributed by atoms with Crippen LogP contribution in [0.15, 0.2) is 17.3 Å². The van der Waals surface area contributed by atoms with Crippen molar-refractivity contribution in [2.75, 3.05) is 11.5 Å². The van der Waals surface area contributed by atoms with Crippen LogP contribution in [0.1, 0.15) is 18.4 Å².